The Hall–Kier alpha value is -3.32. The summed E-state index contributed by atoms with van der Waals surface area (Å²) in [5.74, 6) is 1.62. The van der Waals surface area contributed by atoms with Gasteiger partial charge in [-0.1, -0.05) is 23.7 Å². The van der Waals surface area contributed by atoms with Gasteiger partial charge in [-0.25, -0.2) is 9.97 Å². The highest BCUT2D eigenvalue weighted by Crippen LogP contribution is 2.32. The minimum Gasteiger partial charge on any atom is -0.454 e. The zero-order valence-corrected chi connectivity index (χ0v) is 15.8. The van der Waals surface area contributed by atoms with E-state index in [2.05, 4.69) is 20.6 Å². The first-order valence-electron chi connectivity index (χ1n) is 8.61. The summed E-state index contributed by atoms with van der Waals surface area (Å²) in [5, 5.41) is 6.49. The topological polar surface area (TPSA) is 85.4 Å². The number of halogens is 1. The van der Waals surface area contributed by atoms with E-state index in [1.165, 1.54) is 6.20 Å². The predicted molar refractivity (Wildman–Crippen MR) is 106 cm³/mol. The molecule has 0 aliphatic carbocycles. The molecule has 7 nitrogen and oxygen atoms in total. The van der Waals surface area contributed by atoms with Crippen molar-refractivity contribution in [2.24, 2.45) is 0 Å². The highest BCUT2D eigenvalue weighted by atomic mass is 35.5. The van der Waals surface area contributed by atoms with Crippen molar-refractivity contribution in [3.05, 3.63) is 70.5 Å². The molecule has 0 unspecified atom stereocenters. The summed E-state index contributed by atoms with van der Waals surface area (Å²) in [6.45, 7) is 2.53. The fraction of sp³-hybridized carbons (Fsp3) is 0.150. The van der Waals surface area contributed by atoms with Gasteiger partial charge in [0.2, 0.25) is 12.7 Å². The molecular formula is C20H17ClN4O3. The van der Waals surface area contributed by atoms with E-state index in [1.807, 2.05) is 18.2 Å². The lowest BCUT2D eigenvalue weighted by Crippen LogP contribution is -2.15. The zero-order valence-electron chi connectivity index (χ0n) is 15.0. The second kappa shape index (κ2) is 7.74. The molecule has 1 amide bonds. The Morgan fingerprint density at radius 2 is 2.04 bits per heavy atom. The van der Waals surface area contributed by atoms with E-state index in [1.54, 1.807) is 31.2 Å². The Morgan fingerprint density at radius 1 is 1.18 bits per heavy atom. The molecule has 0 bridgehead atoms. The summed E-state index contributed by atoms with van der Waals surface area (Å²) in [5.41, 5.74) is 2.59. The smallest absolute Gasteiger partial charge is 0.259 e. The van der Waals surface area contributed by atoms with E-state index in [0.29, 0.717) is 34.5 Å². The number of aromatic nitrogens is 2. The molecule has 0 saturated carbocycles. The number of anilines is 2. The van der Waals surface area contributed by atoms with E-state index < -0.39 is 0 Å². The largest absolute Gasteiger partial charge is 0.454 e. The molecule has 1 aromatic heterocycles. The van der Waals surface area contributed by atoms with Gasteiger partial charge in [-0.2, -0.15) is 0 Å². The third-order valence-electron chi connectivity index (χ3n) is 4.19. The minimum absolute atomic E-state index is 0.243. The van der Waals surface area contributed by atoms with Crippen LogP contribution in [0, 0.1) is 6.92 Å². The van der Waals surface area contributed by atoms with Crippen molar-refractivity contribution >= 4 is 29.1 Å². The number of benzene rings is 2. The summed E-state index contributed by atoms with van der Waals surface area (Å²) in [6.07, 6.45) is 1.50. The molecule has 4 rings (SSSR count). The highest BCUT2D eigenvalue weighted by molar-refractivity contribution is 6.31. The molecule has 0 spiro atoms. The van der Waals surface area contributed by atoms with Crippen molar-refractivity contribution < 1.29 is 14.3 Å². The first kappa shape index (κ1) is 18.1. The standard InChI is InChI=1S/C20H17ClN4O3/c1-12-16(19(26)25-15-4-2-3-14(21)8-15)10-23-20(24-12)22-9-13-5-6-17-18(7-13)28-11-27-17/h2-8,10H,9,11H2,1H3,(H,25,26)(H,22,23,24). The second-order valence-electron chi connectivity index (χ2n) is 6.20. The Balaban J connectivity index is 1.41. The van der Waals surface area contributed by atoms with Crippen LogP contribution in [0.4, 0.5) is 11.6 Å². The van der Waals surface area contributed by atoms with Crippen molar-refractivity contribution in [1.29, 1.82) is 0 Å². The monoisotopic (exact) mass is 396 g/mol. The highest BCUT2D eigenvalue weighted by Gasteiger charge is 2.14. The number of fused-ring (bicyclic) bond motifs is 1. The van der Waals surface area contributed by atoms with Gasteiger partial charge in [0.15, 0.2) is 11.5 Å². The molecule has 2 N–H and O–H groups in total. The van der Waals surface area contributed by atoms with Gasteiger partial charge in [-0.15, -0.1) is 0 Å². The molecule has 3 aromatic rings. The van der Waals surface area contributed by atoms with Gasteiger partial charge in [0.1, 0.15) is 0 Å². The lowest BCUT2D eigenvalue weighted by atomic mass is 10.2. The number of hydrogen-bond acceptors (Lipinski definition) is 6. The van der Waals surface area contributed by atoms with Crippen molar-refractivity contribution in [3.8, 4) is 11.5 Å². The van der Waals surface area contributed by atoms with Gasteiger partial charge >= 0.3 is 0 Å². The van der Waals surface area contributed by atoms with Crippen LogP contribution in [0.5, 0.6) is 11.5 Å². The molecule has 2 aromatic carbocycles. The fourth-order valence-corrected chi connectivity index (χ4v) is 2.96. The van der Waals surface area contributed by atoms with Gasteiger partial charge in [0.25, 0.3) is 5.91 Å². The molecule has 142 valence electrons. The molecule has 0 atom stereocenters. The minimum atomic E-state index is -0.290. The third kappa shape index (κ3) is 3.99. The van der Waals surface area contributed by atoms with Gasteiger partial charge < -0.3 is 20.1 Å². The van der Waals surface area contributed by atoms with E-state index in [0.717, 1.165) is 17.1 Å². The number of rotatable bonds is 5. The average Bonchev–Trinajstić information content (AvgIpc) is 3.14. The normalized spacial score (nSPS) is 11.9. The van der Waals surface area contributed by atoms with Crippen molar-refractivity contribution in [3.63, 3.8) is 0 Å². The summed E-state index contributed by atoms with van der Waals surface area (Å²) in [6, 6.07) is 12.7. The van der Waals surface area contributed by atoms with Crippen LogP contribution >= 0.6 is 11.6 Å². The van der Waals surface area contributed by atoms with Gasteiger partial charge in [0, 0.05) is 23.5 Å². The summed E-state index contributed by atoms with van der Waals surface area (Å²) >= 11 is 5.94. The Labute approximate surface area is 166 Å². The van der Waals surface area contributed by atoms with Crippen LogP contribution in [0.15, 0.2) is 48.7 Å². The van der Waals surface area contributed by atoms with Crippen molar-refractivity contribution in [2.75, 3.05) is 17.4 Å². The lowest BCUT2D eigenvalue weighted by molar-refractivity contribution is 0.102. The SMILES string of the molecule is Cc1nc(NCc2ccc3c(c2)OCO3)ncc1C(=O)Nc1cccc(Cl)c1. The van der Waals surface area contributed by atoms with Crippen LogP contribution < -0.4 is 20.1 Å². The van der Waals surface area contributed by atoms with Gasteiger partial charge in [-0.05, 0) is 42.8 Å². The number of aryl methyl sites for hydroxylation is 1. The second-order valence-corrected chi connectivity index (χ2v) is 6.63. The van der Waals surface area contributed by atoms with Crippen LogP contribution in [-0.4, -0.2) is 22.7 Å². The van der Waals surface area contributed by atoms with Crippen LogP contribution in [0.1, 0.15) is 21.6 Å². The molecule has 28 heavy (non-hydrogen) atoms. The van der Waals surface area contributed by atoms with Crippen molar-refractivity contribution in [2.45, 2.75) is 13.5 Å². The first-order valence-corrected chi connectivity index (χ1v) is 8.99. The van der Waals surface area contributed by atoms with E-state index >= 15 is 0 Å². The fourth-order valence-electron chi connectivity index (χ4n) is 2.77. The maximum atomic E-state index is 12.5. The lowest BCUT2D eigenvalue weighted by Gasteiger charge is -2.10. The predicted octanol–water partition coefficient (Wildman–Crippen LogP) is 4.03. The number of amides is 1. The number of nitrogens with one attached hydrogen (secondary N) is 2. The van der Waals surface area contributed by atoms with Crippen LogP contribution in [0.3, 0.4) is 0 Å². The number of hydrogen-bond donors (Lipinski definition) is 2. The van der Waals surface area contributed by atoms with Crippen LogP contribution in [0.2, 0.25) is 5.02 Å². The molecule has 0 radical (unpaired) electrons. The van der Waals surface area contributed by atoms with Crippen molar-refractivity contribution in [1.82, 2.24) is 9.97 Å². The third-order valence-corrected chi connectivity index (χ3v) is 4.43. The molecular weight excluding hydrogens is 380 g/mol. The van der Waals surface area contributed by atoms with Gasteiger partial charge in [-0.3, -0.25) is 4.79 Å². The Bertz CT molecular complexity index is 1040. The molecule has 2 heterocycles. The Morgan fingerprint density at radius 3 is 2.86 bits per heavy atom. The summed E-state index contributed by atoms with van der Waals surface area (Å²) in [7, 11) is 0. The summed E-state index contributed by atoms with van der Waals surface area (Å²) in [4.78, 5) is 21.1. The molecule has 8 heteroatoms. The quantitative estimate of drug-likeness (QED) is 0.677. The average molecular weight is 397 g/mol. The number of carbonyl (C=O) groups excluding carboxylic acids is 1. The van der Waals surface area contributed by atoms with Crippen LogP contribution in [-0.2, 0) is 6.54 Å². The Kier molecular flexibility index (Phi) is 4.99. The first-order chi connectivity index (χ1) is 13.6. The number of ether oxygens (including phenoxy) is 2. The van der Waals surface area contributed by atoms with Crippen LogP contribution in [0.25, 0.3) is 0 Å². The number of carbonyl (C=O) groups is 1. The molecule has 0 saturated heterocycles. The van der Waals surface area contributed by atoms with Gasteiger partial charge in [0.05, 0.1) is 11.3 Å². The maximum absolute atomic E-state index is 12.5. The number of nitrogens with zero attached hydrogens (tertiary/aromatic N) is 2. The maximum Gasteiger partial charge on any atom is 0.259 e. The molecule has 1 aliphatic heterocycles. The molecule has 0 fully saturated rings. The zero-order chi connectivity index (χ0) is 19.5. The van der Waals surface area contributed by atoms with E-state index in [4.69, 9.17) is 21.1 Å². The van der Waals surface area contributed by atoms with E-state index in [-0.39, 0.29) is 12.7 Å². The molecule has 1 aliphatic rings. The van der Waals surface area contributed by atoms with E-state index in [9.17, 15) is 4.79 Å². The summed E-state index contributed by atoms with van der Waals surface area (Å²) < 4.78 is 10.7.